The zero-order valence-corrected chi connectivity index (χ0v) is 12.3. The van der Waals surface area contributed by atoms with E-state index in [1.165, 1.54) is 57.8 Å². The number of methoxy groups -OCH3 is 1. The van der Waals surface area contributed by atoms with Crippen LogP contribution in [0.5, 0.6) is 0 Å². The first-order chi connectivity index (χ1) is 9.24. The molecule has 0 aliphatic heterocycles. The van der Waals surface area contributed by atoms with Crippen LogP contribution in [-0.2, 0) is 4.74 Å². The summed E-state index contributed by atoms with van der Waals surface area (Å²) in [7, 11) is 1.82. The third-order valence-corrected chi connectivity index (χ3v) is 4.75. The fourth-order valence-electron chi connectivity index (χ4n) is 3.19. The number of rotatable bonds is 5. The molecular weight excluding hydrogens is 238 g/mol. The maximum absolute atomic E-state index is 5.98. The molecule has 2 rings (SSSR count). The third kappa shape index (κ3) is 4.37. The number of nitrogens with one attached hydrogen (secondary N) is 1. The van der Waals surface area contributed by atoms with Gasteiger partial charge >= 0.3 is 0 Å². The van der Waals surface area contributed by atoms with E-state index in [1.54, 1.807) is 0 Å². The highest BCUT2D eigenvalue weighted by molar-refractivity contribution is 5.78. The van der Waals surface area contributed by atoms with Crippen LogP contribution in [0.15, 0.2) is 4.99 Å². The zero-order chi connectivity index (χ0) is 13.6. The number of guanidine groups is 1. The summed E-state index contributed by atoms with van der Waals surface area (Å²) in [6.45, 7) is 0.777. The van der Waals surface area contributed by atoms with Crippen molar-refractivity contribution in [2.45, 2.75) is 75.9 Å². The van der Waals surface area contributed by atoms with Gasteiger partial charge in [0.15, 0.2) is 5.96 Å². The molecular formula is C15H29N3O. The lowest BCUT2D eigenvalue weighted by Crippen LogP contribution is -2.41. The lowest BCUT2D eigenvalue weighted by Gasteiger charge is -2.40. The van der Waals surface area contributed by atoms with Gasteiger partial charge in [0, 0.05) is 19.7 Å². The number of hydrogen-bond acceptors (Lipinski definition) is 2. The molecule has 0 unspecified atom stereocenters. The predicted octanol–water partition coefficient (Wildman–Crippen LogP) is 2.57. The second kappa shape index (κ2) is 7.13. The van der Waals surface area contributed by atoms with Crippen LogP contribution in [0.3, 0.4) is 0 Å². The molecule has 0 spiro atoms. The summed E-state index contributed by atoms with van der Waals surface area (Å²) in [5, 5.41) is 3.39. The Morgan fingerprint density at radius 3 is 2.42 bits per heavy atom. The Morgan fingerprint density at radius 1 is 1.21 bits per heavy atom. The van der Waals surface area contributed by atoms with Crippen LogP contribution in [0.25, 0.3) is 0 Å². The average Bonchev–Trinajstić information content (AvgIpc) is 2.61. The fraction of sp³-hybridized carbons (Fsp3) is 0.933. The van der Waals surface area contributed by atoms with Gasteiger partial charge < -0.3 is 15.8 Å². The molecule has 0 aromatic rings. The van der Waals surface area contributed by atoms with E-state index < -0.39 is 0 Å². The molecule has 4 heteroatoms. The van der Waals surface area contributed by atoms with Gasteiger partial charge in [-0.25, -0.2) is 0 Å². The lowest BCUT2D eigenvalue weighted by atomic mass is 9.77. The molecule has 0 atom stereocenters. The van der Waals surface area contributed by atoms with E-state index in [0.29, 0.717) is 12.0 Å². The van der Waals surface area contributed by atoms with Crippen molar-refractivity contribution in [2.24, 2.45) is 10.7 Å². The molecule has 0 amide bonds. The Morgan fingerprint density at radius 2 is 1.89 bits per heavy atom. The number of nitrogens with two attached hydrogens (primary N) is 1. The van der Waals surface area contributed by atoms with Gasteiger partial charge in [-0.3, -0.25) is 4.99 Å². The largest absolute Gasteiger partial charge is 0.378 e. The standard InChI is InChI=1S/C15H29N3O/c1-19-15(9-6-10-15)11-12-17-14(16)18-13-7-4-2-3-5-8-13/h13H,2-12H2,1H3,(H3,16,17,18). The topological polar surface area (TPSA) is 59.6 Å². The quantitative estimate of drug-likeness (QED) is 0.457. The van der Waals surface area contributed by atoms with Crippen LogP contribution in [-0.4, -0.2) is 31.3 Å². The Bertz CT molecular complexity index is 286. The van der Waals surface area contributed by atoms with Crippen LogP contribution in [0.1, 0.15) is 64.2 Å². The Kier molecular flexibility index (Phi) is 5.49. The molecule has 4 nitrogen and oxygen atoms in total. The van der Waals surface area contributed by atoms with Crippen LogP contribution in [0, 0.1) is 0 Å². The van der Waals surface area contributed by atoms with E-state index in [1.807, 2.05) is 7.11 Å². The van der Waals surface area contributed by atoms with E-state index in [2.05, 4.69) is 10.3 Å². The van der Waals surface area contributed by atoms with E-state index in [4.69, 9.17) is 10.5 Å². The minimum absolute atomic E-state index is 0.103. The number of ether oxygens (including phenoxy) is 1. The van der Waals surface area contributed by atoms with Crippen LogP contribution in [0.2, 0.25) is 0 Å². The molecule has 0 heterocycles. The summed E-state index contributed by atoms with van der Waals surface area (Å²) in [6, 6.07) is 0.534. The molecule has 0 aromatic heterocycles. The highest BCUT2D eigenvalue weighted by Gasteiger charge is 2.36. The molecule has 2 aliphatic rings. The van der Waals surface area contributed by atoms with Crippen LogP contribution >= 0.6 is 0 Å². The highest BCUT2D eigenvalue weighted by Crippen LogP contribution is 2.37. The van der Waals surface area contributed by atoms with E-state index in [0.717, 1.165) is 13.0 Å². The smallest absolute Gasteiger partial charge is 0.188 e. The fourth-order valence-corrected chi connectivity index (χ4v) is 3.19. The van der Waals surface area contributed by atoms with Gasteiger partial charge in [-0.15, -0.1) is 0 Å². The first-order valence-electron chi connectivity index (χ1n) is 7.86. The van der Waals surface area contributed by atoms with Crippen molar-refractivity contribution >= 4 is 5.96 Å². The highest BCUT2D eigenvalue weighted by atomic mass is 16.5. The Balaban J connectivity index is 1.69. The normalized spacial score (nSPS) is 24.6. The van der Waals surface area contributed by atoms with Crippen LogP contribution in [0.4, 0.5) is 0 Å². The lowest BCUT2D eigenvalue weighted by molar-refractivity contribution is -0.0754. The molecule has 3 N–H and O–H groups in total. The second-order valence-corrected chi connectivity index (χ2v) is 6.09. The summed E-state index contributed by atoms with van der Waals surface area (Å²) in [6.07, 6.45) is 12.5. The van der Waals surface area contributed by atoms with Gasteiger partial charge in [0.25, 0.3) is 0 Å². The Labute approximate surface area is 117 Å². The molecule has 19 heavy (non-hydrogen) atoms. The molecule has 0 radical (unpaired) electrons. The number of aliphatic imine (C=N–C) groups is 1. The molecule has 0 bridgehead atoms. The van der Waals surface area contributed by atoms with Crippen molar-refractivity contribution in [1.29, 1.82) is 0 Å². The van der Waals surface area contributed by atoms with Crippen molar-refractivity contribution in [3.8, 4) is 0 Å². The second-order valence-electron chi connectivity index (χ2n) is 6.09. The first kappa shape index (κ1) is 14.6. The SMILES string of the molecule is COC1(CCN=C(N)NC2CCCCCC2)CCC1. The first-order valence-corrected chi connectivity index (χ1v) is 7.86. The van der Waals surface area contributed by atoms with Crippen molar-refractivity contribution < 1.29 is 4.74 Å². The van der Waals surface area contributed by atoms with Gasteiger partial charge in [-0.1, -0.05) is 25.7 Å². The van der Waals surface area contributed by atoms with Gasteiger partial charge in [0.1, 0.15) is 0 Å². The summed E-state index contributed by atoms with van der Waals surface area (Å²) >= 11 is 0. The summed E-state index contributed by atoms with van der Waals surface area (Å²) in [4.78, 5) is 4.47. The molecule has 0 aromatic carbocycles. The zero-order valence-electron chi connectivity index (χ0n) is 12.3. The Hall–Kier alpha value is -0.770. The van der Waals surface area contributed by atoms with Crippen molar-refractivity contribution in [3.05, 3.63) is 0 Å². The monoisotopic (exact) mass is 267 g/mol. The summed E-state index contributed by atoms with van der Waals surface area (Å²) in [5.41, 5.74) is 6.09. The van der Waals surface area contributed by atoms with Crippen molar-refractivity contribution in [1.82, 2.24) is 5.32 Å². The van der Waals surface area contributed by atoms with E-state index >= 15 is 0 Å². The molecule has 2 aliphatic carbocycles. The van der Waals surface area contributed by atoms with Crippen LogP contribution < -0.4 is 11.1 Å². The van der Waals surface area contributed by atoms with Crippen molar-refractivity contribution in [3.63, 3.8) is 0 Å². The minimum atomic E-state index is 0.103. The number of hydrogen-bond donors (Lipinski definition) is 2. The average molecular weight is 267 g/mol. The van der Waals surface area contributed by atoms with Crippen molar-refractivity contribution in [2.75, 3.05) is 13.7 Å². The molecule has 2 fully saturated rings. The van der Waals surface area contributed by atoms with E-state index in [9.17, 15) is 0 Å². The maximum Gasteiger partial charge on any atom is 0.188 e. The molecule has 2 saturated carbocycles. The van der Waals surface area contributed by atoms with Gasteiger partial charge in [0.05, 0.1) is 5.60 Å². The van der Waals surface area contributed by atoms with Gasteiger partial charge in [0.2, 0.25) is 0 Å². The summed E-state index contributed by atoms with van der Waals surface area (Å²) in [5.74, 6) is 0.623. The maximum atomic E-state index is 5.98. The minimum Gasteiger partial charge on any atom is -0.378 e. The molecule has 0 saturated heterocycles. The summed E-state index contributed by atoms with van der Waals surface area (Å²) < 4.78 is 5.59. The predicted molar refractivity (Wildman–Crippen MR) is 79.3 cm³/mol. The van der Waals surface area contributed by atoms with Gasteiger partial charge in [-0.2, -0.15) is 0 Å². The van der Waals surface area contributed by atoms with Gasteiger partial charge in [-0.05, 0) is 38.5 Å². The number of nitrogens with zero attached hydrogens (tertiary/aromatic N) is 1. The third-order valence-electron chi connectivity index (χ3n) is 4.75. The van der Waals surface area contributed by atoms with E-state index in [-0.39, 0.29) is 5.60 Å². The molecule has 110 valence electrons.